The highest BCUT2D eigenvalue weighted by Gasteiger charge is 2.34. The fourth-order valence-corrected chi connectivity index (χ4v) is 3.43. The van der Waals surface area contributed by atoms with E-state index in [-0.39, 0.29) is 0 Å². The van der Waals surface area contributed by atoms with Crippen LogP contribution in [0.1, 0.15) is 52.7 Å². The molecule has 106 valence electrons. The second-order valence-electron chi connectivity index (χ2n) is 6.72. The van der Waals surface area contributed by atoms with Crippen LogP contribution in [-0.4, -0.2) is 22.1 Å². The fourth-order valence-electron chi connectivity index (χ4n) is 2.47. The molecule has 1 unspecified atom stereocenters. The van der Waals surface area contributed by atoms with E-state index in [4.69, 9.17) is 0 Å². The first kappa shape index (κ1) is 14.3. The third-order valence-corrected chi connectivity index (χ3v) is 4.75. The maximum absolute atomic E-state index is 11.2. The number of nitrogens with one attached hydrogen (secondary N) is 1. The van der Waals surface area contributed by atoms with Gasteiger partial charge in [-0.15, -0.1) is 11.3 Å². The van der Waals surface area contributed by atoms with Crippen molar-refractivity contribution in [1.82, 2.24) is 4.98 Å². The molecule has 5 heteroatoms. The van der Waals surface area contributed by atoms with Crippen LogP contribution < -0.4 is 5.32 Å². The number of aromatic nitrogens is 1. The van der Waals surface area contributed by atoms with Crippen molar-refractivity contribution in [2.24, 2.45) is 5.41 Å². The van der Waals surface area contributed by atoms with E-state index >= 15 is 0 Å². The number of aliphatic carboxylic acids is 1. The Kier molecular flexibility index (Phi) is 3.60. The van der Waals surface area contributed by atoms with Crippen LogP contribution in [0.25, 0.3) is 0 Å². The number of thiazole rings is 1. The molecule has 2 rings (SSSR count). The van der Waals surface area contributed by atoms with Gasteiger partial charge in [0.15, 0.2) is 5.13 Å². The van der Waals surface area contributed by atoms with Crippen molar-refractivity contribution < 1.29 is 9.90 Å². The van der Waals surface area contributed by atoms with Crippen molar-refractivity contribution in [1.29, 1.82) is 0 Å². The van der Waals surface area contributed by atoms with Gasteiger partial charge >= 0.3 is 5.97 Å². The van der Waals surface area contributed by atoms with E-state index in [1.807, 2.05) is 5.38 Å². The molecule has 1 heterocycles. The zero-order valence-corrected chi connectivity index (χ0v) is 12.8. The predicted molar refractivity (Wildman–Crippen MR) is 77.8 cm³/mol. The van der Waals surface area contributed by atoms with Crippen molar-refractivity contribution in [2.75, 3.05) is 5.32 Å². The fraction of sp³-hybridized carbons (Fsp3) is 0.714. The van der Waals surface area contributed by atoms with Gasteiger partial charge in [-0.25, -0.2) is 4.98 Å². The van der Waals surface area contributed by atoms with Gasteiger partial charge in [-0.1, -0.05) is 13.8 Å². The molecule has 0 spiro atoms. The highest BCUT2D eigenvalue weighted by atomic mass is 32.1. The molecule has 1 atom stereocenters. The molecular formula is C14H22N2O2S. The van der Waals surface area contributed by atoms with Crippen LogP contribution >= 0.6 is 11.3 Å². The summed E-state index contributed by atoms with van der Waals surface area (Å²) in [5.74, 6) is -0.841. The molecule has 1 aromatic heterocycles. The van der Waals surface area contributed by atoms with E-state index in [0.717, 1.165) is 18.0 Å². The number of nitrogens with zero attached hydrogens (tertiary/aromatic N) is 1. The standard InChI is InChI=1S/C14H22N2O2S/c1-13(2)6-5-9(7-13)15-12-16-10(8-19-12)14(3,4)11(17)18/h8-9H,5-7H2,1-4H3,(H,15,16)(H,17,18). The number of carbonyl (C=O) groups is 1. The Balaban J connectivity index is 2.05. The van der Waals surface area contributed by atoms with Crippen molar-refractivity contribution >= 4 is 22.4 Å². The van der Waals surface area contributed by atoms with Crippen LogP contribution in [0, 0.1) is 5.41 Å². The molecule has 2 N–H and O–H groups in total. The van der Waals surface area contributed by atoms with E-state index < -0.39 is 11.4 Å². The van der Waals surface area contributed by atoms with Gasteiger partial charge in [0.2, 0.25) is 0 Å². The lowest BCUT2D eigenvalue weighted by atomic mass is 9.90. The van der Waals surface area contributed by atoms with Gasteiger partial charge in [-0.05, 0) is 38.5 Å². The molecule has 0 radical (unpaired) electrons. The molecule has 19 heavy (non-hydrogen) atoms. The molecule has 0 aromatic carbocycles. The summed E-state index contributed by atoms with van der Waals surface area (Å²) < 4.78 is 0. The number of hydrogen-bond donors (Lipinski definition) is 2. The second kappa shape index (κ2) is 4.78. The monoisotopic (exact) mass is 282 g/mol. The highest BCUT2D eigenvalue weighted by Crippen LogP contribution is 2.39. The van der Waals surface area contributed by atoms with Gasteiger partial charge < -0.3 is 10.4 Å². The van der Waals surface area contributed by atoms with Crippen LogP contribution in [0.15, 0.2) is 5.38 Å². The van der Waals surface area contributed by atoms with Crippen LogP contribution in [-0.2, 0) is 10.2 Å². The summed E-state index contributed by atoms with van der Waals surface area (Å²) in [5.41, 5.74) is 0.105. The maximum Gasteiger partial charge on any atom is 0.315 e. The van der Waals surface area contributed by atoms with E-state index in [1.165, 1.54) is 17.8 Å². The van der Waals surface area contributed by atoms with E-state index in [9.17, 15) is 9.90 Å². The maximum atomic E-state index is 11.2. The zero-order valence-electron chi connectivity index (χ0n) is 12.0. The molecule has 0 amide bonds. The first-order valence-corrected chi connectivity index (χ1v) is 7.55. The number of anilines is 1. The number of carboxylic acids is 1. The number of carboxylic acid groups (broad SMARTS) is 1. The summed E-state index contributed by atoms with van der Waals surface area (Å²) >= 11 is 1.50. The van der Waals surface area contributed by atoms with Crippen molar-refractivity contribution in [3.05, 3.63) is 11.1 Å². The molecule has 0 saturated heterocycles. The molecule has 1 fully saturated rings. The van der Waals surface area contributed by atoms with Crippen molar-refractivity contribution in [3.8, 4) is 0 Å². The van der Waals surface area contributed by atoms with Crippen LogP contribution in [0.5, 0.6) is 0 Å². The van der Waals surface area contributed by atoms with E-state index in [1.54, 1.807) is 13.8 Å². The Bertz CT molecular complexity index is 480. The lowest BCUT2D eigenvalue weighted by Gasteiger charge is -2.18. The predicted octanol–water partition coefficient (Wildman–Crippen LogP) is 3.50. The minimum absolute atomic E-state index is 0.401. The lowest BCUT2D eigenvalue weighted by molar-refractivity contribution is -0.142. The molecule has 1 aliphatic rings. The summed E-state index contributed by atoms with van der Waals surface area (Å²) in [7, 11) is 0. The third-order valence-electron chi connectivity index (χ3n) is 3.98. The van der Waals surface area contributed by atoms with Gasteiger partial charge in [-0.2, -0.15) is 0 Å². The van der Waals surface area contributed by atoms with Gasteiger partial charge in [0, 0.05) is 11.4 Å². The highest BCUT2D eigenvalue weighted by molar-refractivity contribution is 7.13. The molecule has 4 nitrogen and oxygen atoms in total. The largest absolute Gasteiger partial charge is 0.481 e. The Morgan fingerprint density at radius 3 is 2.79 bits per heavy atom. The normalized spacial score (nSPS) is 22.4. The molecule has 1 aromatic rings. The quantitative estimate of drug-likeness (QED) is 0.887. The van der Waals surface area contributed by atoms with Gasteiger partial charge in [-0.3, -0.25) is 4.79 Å². The van der Waals surface area contributed by atoms with Gasteiger partial charge in [0.1, 0.15) is 5.41 Å². The minimum Gasteiger partial charge on any atom is -0.481 e. The van der Waals surface area contributed by atoms with Gasteiger partial charge in [0.05, 0.1) is 5.69 Å². The molecule has 0 aliphatic heterocycles. The van der Waals surface area contributed by atoms with Crippen molar-refractivity contribution in [2.45, 2.75) is 58.4 Å². The summed E-state index contributed by atoms with van der Waals surface area (Å²) in [6, 6.07) is 0.460. The Labute approximate surface area is 118 Å². The SMILES string of the molecule is CC1(C)CCC(Nc2nc(C(C)(C)C(=O)O)cs2)C1. The number of hydrogen-bond acceptors (Lipinski definition) is 4. The summed E-state index contributed by atoms with van der Waals surface area (Å²) in [4.78, 5) is 15.6. The van der Waals surface area contributed by atoms with Crippen LogP contribution in [0.4, 0.5) is 5.13 Å². The van der Waals surface area contributed by atoms with Crippen molar-refractivity contribution in [3.63, 3.8) is 0 Å². The van der Waals surface area contributed by atoms with E-state index in [2.05, 4.69) is 24.1 Å². The first-order valence-electron chi connectivity index (χ1n) is 6.67. The van der Waals surface area contributed by atoms with Gasteiger partial charge in [0.25, 0.3) is 0 Å². The van der Waals surface area contributed by atoms with Crippen LogP contribution in [0.2, 0.25) is 0 Å². The minimum atomic E-state index is -0.925. The Morgan fingerprint density at radius 1 is 1.58 bits per heavy atom. The topological polar surface area (TPSA) is 62.2 Å². The smallest absolute Gasteiger partial charge is 0.315 e. The molecular weight excluding hydrogens is 260 g/mol. The third kappa shape index (κ3) is 3.08. The Hall–Kier alpha value is -1.10. The summed E-state index contributed by atoms with van der Waals surface area (Å²) in [6.07, 6.45) is 3.53. The zero-order chi connectivity index (χ0) is 14.3. The average Bonchev–Trinajstić information content (AvgIpc) is 2.86. The number of rotatable bonds is 4. The molecule has 1 aliphatic carbocycles. The molecule has 1 saturated carbocycles. The first-order chi connectivity index (χ1) is 8.71. The Morgan fingerprint density at radius 2 is 2.26 bits per heavy atom. The van der Waals surface area contributed by atoms with Crippen LogP contribution in [0.3, 0.4) is 0 Å². The molecule has 0 bridgehead atoms. The second-order valence-corrected chi connectivity index (χ2v) is 7.57. The van der Waals surface area contributed by atoms with E-state index in [0.29, 0.717) is 17.2 Å². The average molecular weight is 282 g/mol. The lowest BCUT2D eigenvalue weighted by Crippen LogP contribution is -2.29. The summed E-state index contributed by atoms with van der Waals surface area (Å²) in [5, 5.41) is 15.3. The summed E-state index contributed by atoms with van der Waals surface area (Å²) in [6.45, 7) is 7.95.